The molecular weight excluding hydrogens is 476 g/mol. The third-order valence-electron chi connectivity index (χ3n) is 7.96. The Morgan fingerprint density at radius 2 is 1.49 bits per heavy atom. The van der Waals surface area contributed by atoms with Crippen LogP contribution in [0.15, 0.2) is 64.0 Å². The van der Waals surface area contributed by atoms with Gasteiger partial charge in [-0.2, -0.15) is 0 Å². The number of furan rings is 1. The smallest absolute Gasteiger partial charge is 0.157 e. The van der Waals surface area contributed by atoms with Crippen molar-refractivity contribution in [2.75, 3.05) is 0 Å². The van der Waals surface area contributed by atoms with Gasteiger partial charge in [-0.25, -0.2) is 4.99 Å². The second-order valence-electron chi connectivity index (χ2n) is 13.2. The van der Waals surface area contributed by atoms with Crippen LogP contribution < -0.4 is 0 Å². The standard InChI is InChI=1S/C36H38N2O/c1-20-14-15-24-26(16-20)32(30-21(2)17-23(18-22(30)3)35(4,5)6)37-27(24)19-28-31(36(7,8)9)34-33(38-28)25-12-10-11-13-29(25)39-34/h10-19,38H,1-9H3/b27-19-. The fraction of sp³-hybridized carbons (Fsp3) is 0.306. The summed E-state index contributed by atoms with van der Waals surface area (Å²) in [6.07, 6.45) is 2.22. The van der Waals surface area contributed by atoms with E-state index in [9.17, 15) is 0 Å². The van der Waals surface area contributed by atoms with Crippen molar-refractivity contribution < 1.29 is 4.42 Å². The molecule has 5 aromatic rings. The highest BCUT2D eigenvalue weighted by molar-refractivity contribution is 6.23. The van der Waals surface area contributed by atoms with Crippen molar-refractivity contribution in [1.29, 1.82) is 0 Å². The van der Waals surface area contributed by atoms with Gasteiger partial charge in [0.2, 0.25) is 0 Å². The lowest BCUT2D eigenvalue weighted by molar-refractivity contribution is 0.573. The van der Waals surface area contributed by atoms with Crippen molar-refractivity contribution in [3.8, 4) is 0 Å². The van der Waals surface area contributed by atoms with Crippen LogP contribution in [0.5, 0.6) is 0 Å². The molecule has 3 heteroatoms. The normalized spacial score (nSPS) is 15.0. The number of aromatic nitrogens is 1. The molecule has 1 aliphatic heterocycles. The van der Waals surface area contributed by atoms with Gasteiger partial charge in [-0.3, -0.25) is 0 Å². The van der Waals surface area contributed by atoms with Gasteiger partial charge in [0.05, 0.1) is 16.9 Å². The molecule has 3 aromatic carbocycles. The summed E-state index contributed by atoms with van der Waals surface area (Å²) in [4.78, 5) is 9.07. The van der Waals surface area contributed by atoms with E-state index in [1.807, 2.05) is 12.1 Å². The Kier molecular flexibility index (Phi) is 5.59. The maximum atomic E-state index is 6.40. The fourth-order valence-corrected chi connectivity index (χ4v) is 6.04. The zero-order valence-corrected chi connectivity index (χ0v) is 24.6. The van der Waals surface area contributed by atoms with Crippen molar-refractivity contribution in [1.82, 2.24) is 4.98 Å². The summed E-state index contributed by atoms with van der Waals surface area (Å²) < 4.78 is 6.40. The molecule has 0 fully saturated rings. The molecule has 0 spiro atoms. The number of aliphatic imine (C=N–C) groups is 1. The van der Waals surface area contributed by atoms with E-state index in [-0.39, 0.29) is 10.8 Å². The summed E-state index contributed by atoms with van der Waals surface area (Å²) >= 11 is 0. The van der Waals surface area contributed by atoms with Crippen LogP contribution in [-0.4, -0.2) is 10.7 Å². The van der Waals surface area contributed by atoms with Crippen LogP contribution in [0, 0.1) is 20.8 Å². The number of rotatable bonds is 2. The lowest BCUT2D eigenvalue weighted by Crippen LogP contribution is -2.14. The van der Waals surface area contributed by atoms with Gasteiger partial charge in [-0.15, -0.1) is 0 Å². The molecule has 1 N–H and O–H groups in total. The van der Waals surface area contributed by atoms with Crippen molar-refractivity contribution in [3.05, 3.63) is 105 Å². The summed E-state index contributed by atoms with van der Waals surface area (Å²) in [6, 6.07) is 19.6. The molecule has 0 atom stereocenters. The Morgan fingerprint density at radius 1 is 0.795 bits per heavy atom. The lowest BCUT2D eigenvalue weighted by atomic mass is 9.82. The topological polar surface area (TPSA) is 41.3 Å². The Bertz CT molecular complexity index is 1820. The van der Waals surface area contributed by atoms with Crippen molar-refractivity contribution >= 4 is 39.6 Å². The van der Waals surface area contributed by atoms with E-state index in [1.54, 1.807) is 0 Å². The third kappa shape index (κ3) is 4.16. The quantitative estimate of drug-likeness (QED) is 0.250. The fourth-order valence-electron chi connectivity index (χ4n) is 6.04. The van der Waals surface area contributed by atoms with Crippen molar-refractivity contribution in [2.24, 2.45) is 4.99 Å². The summed E-state index contributed by atoms with van der Waals surface area (Å²) in [5.74, 6) is 0. The monoisotopic (exact) mass is 514 g/mol. The maximum Gasteiger partial charge on any atom is 0.157 e. The number of H-pyrrole nitrogens is 1. The number of hydrogen-bond acceptors (Lipinski definition) is 2. The highest BCUT2D eigenvalue weighted by Gasteiger charge is 2.29. The lowest BCUT2D eigenvalue weighted by Gasteiger charge is -2.22. The first-order valence-corrected chi connectivity index (χ1v) is 13.9. The van der Waals surface area contributed by atoms with E-state index in [4.69, 9.17) is 9.41 Å². The minimum atomic E-state index is -0.115. The number of para-hydroxylation sites is 1. The van der Waals surface area contributed by atoms with Gasteiger partial charge in [-0.05, 0) is 72.6 Å². The molecule has 3 heterocycles. The second kappa shape index (κ2) is 8.58. The van der Waals surface area contributed by atoms with Gasteiger partial charge in [0.15, 0.2) is 5.58 Å². The molecular formula is C36H38N2O. The first-order valence-electron chi connectivity index (χ1n) is 13.9. The van der Waals surface area contributed by atoms with Gasteiger partial charge in [0.25, 0.3) is 0 Å². The van der Waals surface area contributed by atoms with E-state index < -0.39 is 0 Å². The molecule has 0 saturated carbocycles. The van der Waals surface area contributed by atoms with Crippen LogP contribution in [0.3, 0.4) is 0 Å². The average Bonchev–Trinajstić information content (AvgIpc) is 3.47. The number of nitrogens with one attached hydrogen (secondary N) is 1. The van der Waals surface area contributed by atoms with Crippen LogP contribution in [-0.2, 0) is 10.8 Å². The number of benzene rings is 3. The summed E-state index contributed by atoms with van der Waals surface area (Å²) in [6.45, 7) is 20.2. The Hall–Kier alpha value is -3.85. The molecule has 39 heavy (non-hydrogen) atoms. The highest BCUT2D eigenvalue weighted by Crippen LogP contribution is 2.42. The van der Waals surface area contributed by atoms with Gasteiger partial charge >= 0.3 is 0 Å². The van der Waals surface area contributed by atoms with Crippen LogP contribution in [0.2, 0.25) is 0 Å². The minimum Gasteiger partial charge on any atom is -0.454 e. The summed E-state index contributed by atoms with van der Waals surface area (Å²) in [7, 11) is 0. The number of hydrogen-bond donors (Lipinski definition) is 1. The van der Waals surface area contributed by atoms with Crippen LogP contribution in [0.25, 0.3) is 33.8 Å². The molecule has 0 radical (unpaired) electrons. The van der Waals surface area contributed by atoms with Crippen LogP contribution in [0.4, 0.5) is 0 Å². The molecule has 3 nitrogen and oxygen atoms in total. The predicted molar refractivity (Wildman–Crippen MR) is 166 cm³/mol. The zero-order valence-electron chi connectivity index (χ0n) is 24.6. The van der Waals surface area contributed by atoms with Crippen LogP contribution >= 0.6 is 0 Å². The summed E-state index contributed by atoms with van der Waals surface area (Å²) in [5.41, 5.74) is 15.9. The van der Waals surface area contributed by atoms with E-state index in [0.29, 0.717) is 0 Å². The Balaban J connectivity index is 1.59. The molecule has 0 bridgehead atoms. The Morgan fingerprint density at radius 3 is 2.15 bits per heavy atom. The number of aromatic amines is 1. The Labute approximate surface area is 231 Å². The zero-order chi connectivity index (χ0) is 27.9. The largest absolute Gasteiger partial charge is 0.454 e. The van der Waals surface area contributed by atoms with Gasteiger partial charge in [0, 0.05) is 33.3 Å². The van der Waals surface area contributed by atoms with Gasteiger partial charge in [0.1, 0.15) is 5.58 Å². The predicted octanol–water partition coefficient (Wildman–Crippen LogP) is 9.78. The van der Waals surface area contributed by atoms with Gasteiger partial charge in [-0.1, -0.05) is 83.5 Å². The van der Waals surface area contributed by atoms with Crippen LogP contribution in [0.1, 0.15) is 91.7 Å². The van der Waals surface area contributed by atoms with E-state index in [0.717, 1.165) is 39.2 Å². The van der Waals surface area contributed by atoms with Gasteiger partial charge < -0.3 is 9.40 Å². The molecule has 0 saturated heterocycles. The molecule has 1 aliphatic rings. The minimum absolute atomic E-state index is 0.100. The molecule has 2 aromatic heterocycles. The molecule has 0 amide bonds. The van der Waals surface area contributed by atoms with Crippen molar-refractivity contribution in [2.45, 2.75) is 73.1 Å². The van der Waals surface area contributed by atoms with E-state index in [2.05, 4.69) is 116 Å². The second-order valence-corrected chi connectivity index (χ2v) is 13.2. The average molecular weight is 515 g/mol. The van der Waals surface area contributed by atoms with Crippen molar-refractivity contribution in [3.63, 3.8) is 0 Å². The molecule has 198 valence electrons. The third-order valence-corrected chi connectivity index (χ3v) is 7.96. The molecule has 6 rings (SSSR count). The summed E-state index contributed by atoms with van der Waals surface area (Å²) in [5, 5.41) is 1.11. The number of nitrogens with zero attached hydrogens (tertiary/aromatic N) is 1. The van der Waals surface area contributed by atoms with E-state index >= 15 is 0 Å². The molecule has 0 aliphatic carbocycles. The first kappa shape index (κ1) is 25.4. The maximum absolute atomic E-state index is 6.40. The van der Waals surface area contributed by atoms with E-state index in [1.165, 1.54) is 44.5 Å². The SMILES string of the molecule is Cc1ccc2c(c1)C(c1c(C)cc(C(C)(C)C)cc1C)=N/C2=C\c1[nH]c2c(oc3ccccc32)c1C(C)(C)C. The number of fused-ring (bicyclic) bond motifs is 4. The molecule has 0 unspecified atom stereocenters. The first-order chi connectivity index (χ1) is 18.3. The number of aryl methyl sites for hydroxylation is 3. The highest BCUT2D eigenvalue weighted by atomic mass is 16.3.